The van der Waals surface area contributed by atoms with Crippen molar-refractivity contribution in [2.75, 3.05) is 20.2 Å². The predicted octanol–water partition coefficient (Wildman–Crippen LogP) is 2.81. The molecule has 0 aliphatic rings. The summed E-state index contributed by atoms with van der Waals surface area (Å²) in [6, 6.07) is 5.07. The second-order valence-corrected chi connectivity index (χ2v) is 6.44. The molecule has 0 radical (unpaired) electrons. The molecular weight excluding hydrogens is 262 g/mol. The third-order valence-corrected chi connectivity index (χ3v) is 5.00. The zero-order valence-corrected chi connectivity index (χ0v) is 13.0. The smallest absolute Gasteiger partial charge is 0.243 e. The van der Waals surface area contributed by atoms with Crippen LogP contribution in [0.2, 0.25) is 0 Å². The van der Waals surface area contributed by atoms with Crippen LogP contribution in [0.4, 0.5) is 0 Å². The number of nitrogens with zero attached hydrogens (tertiary/aromatic N) is 1. The number of hydrogen-bond donors (Lipinski definition) is 0. The van der Waals surface area contributed by atoms with Crippen molar-refractivity contribution in [2.45, 2.75) is 38.5 Å². The van der Waals surface area contributed by atoms with Gasteiger partial charge >= 0.3 is 0 Å². The molecule has 0 aliphatic carbocycles. The molecule has 108 valence electrons. The Kier molecular flexibility index (Phi) is 5.82. The first-order chi connectivity index (χ1) is 8.97. The van der Waals surface area contributed by atoms with Gasteiger partial charge in [0.2, 0.25) is 10.0 Å². The Morgan fingerprint density at radius 2 is 1.74 bits per heavy atom. The Morgan fingerprint density at radius 1 is 1.16 bits per heavy atom. The summed E-state index contributed by atoms with van der Waals surface area (Å²) in [5.74, 6) is 0.675. The Balaban J connectivity index is 3.17. The van der Waals surface area contributed by atoms with E-state index in [0.29, 0.717) is 23.7 Å². The number of sulfonamides is 1. The van der Waals surface area contributed by atoms with Crippen molar-refractivity contribution in [3.8, 4) is 5.75 Å². The molecule has 0 amide bonds. The second-order valence-electron chi connectivity index (χ2n) is 4.54. The zero-order chi connectivity index (χ0) is 14.5. The molecule has 1 rings (SSSR count). The molecule has 0 saturated carbocycles. The number of ether oxygens (including phenoxy) is 1. The molecule has 4 nitrogen and oxygen atoms in total. The molecule has 0 aliphatic heterocycles. The van der Waals surface area contributed by atoms with Gasteiger partial charge in [0.25, 0.3) is 0 Å². The number of methoxy groups -OCH3 is 1. The van der Waals surface area contributed by atoms with Crippen LogP contribution >= 0.6 is 0 Å². The van der Waals surface area contributed by atoms with E-state index in [9.17, 15) is 8.42 Å². The maximum Gasteiger partial charge on any atom is 0.243 e. The van der Waals surface area contributed by atoms with Crippen LogP contribution in [0.1, 0.15) is 32.3 Å². The fourth-order valence-electron chi connectivity index (χ4n) is 2.03. The largest absolute Gasteiger partial charge is 0.497 e. The van der Waals surface area contributed by atoms with Gasteiger partial charge in [0, 0.05) is 13.1 Å². The van der Waals surface area contributed by atoms with Crippen LogP contribution in [0, 0.1) is 6.92 Å². The first-order valence-electron chi connectivity index (χ1n) is 6.62. The quantitative estimate of drug-likeness (QED) is 0.774. The predicted molar refractivity (Wildman–Crippen MR) is 77.1 cm³/mol. The third-order valence-electron chi connectivity index (χ3n) is 2.95. The lowest BCUT2D eigenvalue weighted by Gasteiger charge is -2.22. The average molecular weight is 285 g/mol. The van der Waals surface area contributed by atoms with Gasteiger partial charge in [-0.25, -0.2) is 8.42 Å². The van der Waals surface area contributed by atoms with Crippen LogP contribution in [-0.2, 0) is 10.0 Å². The molecule has 0 spiro atoms. The molecule has 0 bridgehead atoms. The van der Waals surface area contributed by atoms with Crippen LogP contribution in [0.15, 0.2) is 23.1 Å². The monoisotopic (exact) mass is 285 g/mol. The maximum atomic E-state index is 12.6. The van der Waals surface area contributed by atoms with Gasteiger partial charge in [0.15, 0.2) is 0 Å². The van der Waals surface area contributed by atoms with Crippen LogP contribution < -0.4 is 4.74 Å². The van der Waals surface area contributed by atoms with E-state index in [-0.39, 0.29) is 0 Å². The zero-order valence-electron chi connectivity index (χ0n) is 12.1. The first-order valence-corrected chi connectivity index (χ1v) is 8.06. The van der Waals surface area contributed by atoms with Crippen molar-refractivity contribution in [3.05, 3.63) is 23.8 Å². The summed E-state index contributed by atoms with van der Waals surface area (Å²) in [5.41, 5.74) is 0.719. The molecular formula is C14H23NO3S. The highest BCUT2D eigenvalue weighted by atomic mass is 32.2. The van der Waals surface area contributed by atoms with Crippen LogP contribution in [0.3, 0.4) is 0 Å². The SMILES string of the molecule is CCCN(CCC)S(=O)(=O)c1ccc(OC)cc1C. The minimum absolute atomic E-state index is 0.371. The van der Waals surface area contributed by atoms with Gasteiger partial charge in [0.1, 0.15) is 5.75 Å². The van der Waals surface area contributed by atoms with E-state index < -0.39 is 10.0 Å². The summed E-state index contributed by atoms with van der Waals surface area (Å²) in [5, 5.41) is 0. The molecule has 0 saturated heterocycles. The van der Waals surface area contributed by atoms with E-state index in [1.165, 1.54) is 0 Å². The van der Waals surface area contributed by atoms with Crippen molar-refractivity contribution in [1.82, 2.24) is 4.31 Å². The van der Waals surface area contributed by atoms with Crippen molar-refractivity contribution < 1.29 is 13.2 Å². The summed E-state index contributed by atoms with van der Waals surface area (Å²) in [7, 11) is -1.83. The summed E-state index contributed by atoms with van der Waals surface area (Å²) >= 11 is 0. The van der Waals surface area contributed by atoms with Crippen molar-refractivity contribution >= 4 is 10.0 Å². The molecule has 19 heavy (non-hydrogen) atoms. The van der Waals surface area contributed by atoms with Gasteiger partial charge in [-0.3, -0.25) is 0 Å². The fourth-order valence-corrected chi connectivity index (χ4v) is 3.86. The topological polar surface area (TPSA) is 46.6 Å². The Labute approximate surface area is 116 Å². The number of hydrogen-bond acceptors (Lipinski definition) is 3. The van der Waals surface area contributed by atoms with Gasteiger partial charge < -0.3 is 4.74 Å². The third kappa shape index (κ3) is 3.70. The van der Waals surface area contributed by atoms with E-state index in [2.05, 4.69) is 0 Å². The van der Waals surface area contributed by atoms with Gasteiger partial charge in [-0.15, -0.1) is 0 Å². The molecule has 0 aromatic heterocycles. The summed E-state index contributed by atoms with van der Waals surface area (Å²) in [6.45, 7) is 6.88. The second kappa shape index (κ2) is 6.91. The standard InChI is InChI=1S/C14H23NO3S/c1-5-9-15(10-6-2)19(16,17)14-8-7-13(18-4)11-12(14)3/h7-8,11H,5-6,9-10H2,1-4H3. The fraction of sp³-hybridized carbons (Fsp3) is 0.571. The van der Waals surface area contributed by atoms with Crippen LogP contribution in [-0.4, -0.2) is 32.9 Å². The van der Waals surface area contributed by atoms with E-state index in [4.69, 9.17) is 4.74 Å². The lowest BCUT2D eigenvalue weighted by Crippen LogP contribution is -2.33. The molecule has 0 fully saturated rings. The maximum absolute atomic E-state index is 12.6. The van der Waals surface area contributed by atoms with E-state index in [0.717, 1.165) is 18.4 Å². The molecule has 0 N–H and O–H groups in total. The van der Waals surface area contributed by atoms with Crippen LogP contribution in [0.25, 0.3) is 0 Å². The van der Waals surface area contributed by atoms with Crippen molar-refractivity contribution in [3.63, 3.8) is 0 Å². The summed E-state index contributed by atoms with van der Waals surface area (Å²) in [4.78, 5) is 0.371. The Hall–Kier alpha value is -1.07. The number of rotatable bonds is 7. The van der Waals surface area contributed by atoms with Crippen molar-refractivity contribution in [1.29, 1.82) is 0 Å². The van der Waals surface area contributed by atoms with Gasteiger partial charge in [-0.1, -0.05) is 13.8 Å². The normalized spacial score (nSPS) is 11.8. The molecule has 1 aromatic rings. The van der Waals surface area contributed by atoms with Gasteiger partial charge in [-0.05, 0) is 43.5 Å². The lowest BCUT2D eigenvalue weighted by atomic mass is 10.2. The van der Waals surface area contributed by atoms with Crippen molar-refractivity contribution in [2.24, 2.45) is 0 Å². The molecule has 0 atom stereocenters. The van der Waals surface area contributed by atoms with E-state index in [1.807, 2.05) is 13.8 Å². The van der Waals surface area contributed by atoms with Gasteiger partial charge in [0.05, 0.1) is 12.0 Å². The lowest BCUT2D eigenvalue weighted by molar-refractivity contribution is 0.407. The molecule has 0 heterocycles. The molecule has 5 heteroatoms. The highest BCUT2D eigenvalue weighted by Gasteiger charge is 2.24. The molecule has 0 unspecified atom stereocenters. The molecule has 1 aromatic carbocycles. The Morgan fingerprint density at radius 3 is 2.16 bits per heavy atom. The average Bonchev–Trinajstić information content (AvgIpc) is 2.38. The van der Waals surface area contributed by atoms with Crippen LogP contribution in [0.5, 0.6) is 5.75 Å². The highest BCUT2D eigenvalue weighted by molar-refractivity contribution is 7.89. The Bertz CT molecular complexity index is 505. The van der Waals surface area contributed by atoms with E-state index in [1.54, 1.807) is 36.5 Å². The minimum Gasteiger partial charge on any atom is -0.497 e. The number of benzene rings is 1. The van der Waals surface area contributed by atoms with E-state index >= 15 is 0 Å². The first kappa shape index (κ1) is 16.0. The minimum atomic E-state index is -3.40. The van der Waals surface area contributed by atoms with Gasteiger partial charge in [-0.2, -0.15) is 4.31 Å². The summed E-state index contributed by atoms with van der Waals surface area (Å²) < 4.78 is 31.9. The summed E-state index contributed by atoms with van der Waals surface area (Å²) in [6.07, 6.45) is 1.63. The highest BCUT2D eigenvalue weighted by Crippen LogP contribution is 2.24. The number of aryl methyl sites for hydroxylation is 1.